The molecule has 1 aromatic heterocycles. The van der Waals surface area contributed by atoms with Crippen molar-refractivity contribution in [2.24, 2.45) is 5.73 Å². The summed E-state index contributed by atoms with van der Waals surface area (Å²) in [5.74, 6) is 0.830. The van der Waals surface area contributed by atoms with Crippen molar-refractivity contribution >= 4 is 0 Å². The van der Waals surface area contributed by atoms with E-state index in [2.05, 4.69) is 5.10 Å². The lowest BCUT2D eigenvalue weighted by Crippen LogP contribution is -2.10. The van der Waals surface area contributed by atoms with Crippen LogP contribution in [-0.4, -0.2) is 22.9 Å². The summed E-state index contributed by atoms with van der Waals surface area (Å²) >= 11 is 0. The van der Waals surface area contributed by atoms with Gasteiger partial charge in [-0.15, -0.1) is 0 Å². The van der Waals surface area contributed by atoms with Crippen molar-refractivity contribution in [2.75, 3.05) is 13.2 Å². The number of nitrogens with two attached hydrogens (primary N) is 1. The van der Waals surface area contributed by atoms with E-state index < -0.39 is 0 Å². The van der Waals surface area contributed by atoms with Gasteiger partial charge in [0.1, 0.15) is 12.4 Å². The first-order valence-electron chi connectivity index (χ1n) is 4.83. The van der Waals surface area contributed by atoms with Gasteiger partial charge in [-0.05, 0) is 30.3 Å². The minimum atomic E-state index is 0.529. The van der Waals surface area contributed by atoms with Gasteiger partial charge < -0.3 is 10.5 Å². The molecule has 2 rings (SSSR count). The highest BCUT2D eigenvalue weighted by atomic mass is 16.5. The first-order valence-corrected chi connectivity index (χ1v) is 4.83. The van der Waals surface area contributed by atoms with Gasteiger partial charge in [0.2, 0.25) is 0 Å². The van der Waals surface area contributed by atoms with Crippen LogP contribution in [0.15, 0.2) is 42.7 Å². The van der Waals surface area contributed by atoms with Crippen molar-refractivity contribution in [3.8, 4) is 11.4 Å². The normalized spacial score (nSPS) is 10.2. The Morgan fingerprint density at radius 2 is 2.07 bits per heavy atom. The Morgan fingerprint density at radius 3 is 2.67 bits per heavy atom. The van der Waals surface area contributed by atoms with Crippen LogP contribution in [-0.2, 0) is 0 Å². The number of nitrogens with zero attached hydrogens (tertiary/aromatic N) is 2. The lowest BCUT2D eigenvalue weighted by Gasteiger charge is -2.05. The maximum Gasteiger partial charge on any atom is 0.119 e. The van der Waals surface area contributed by atoms with Crippen molar-refractivity contribution in [1.82, 2.24) is 9.78 Å². The molecule has 0 radical (unpaired) electrons. The van der Waals surface area contributed by atoms with E-state index in [-0.39, 0.29) is 0 Å². The van der Waals surface area contributed by atoms with Gasteiger partial charge in [0, 0.05) is 18.9 Å². The highest BCUT2D eigenvalue weighted by Crippen LogP contribution is 2.14. The predicted octanol–water partition coefficient (Wildman–Crippen LogP) is 1.21. The van der Waals surface area contributed by atoms with Crippen LogP contribution in [0.5, 0.6) is 5.75 Å². The van der Waals surface area contributed by atoms with Crippen molar-refractivity contribution < 1.29 is 4.74 Å². The second kappa shape index (κ2) is 4.61. The Kier molecular flexibility index (Phi) is 2.99. The van der Waals surface area contributed by atoms with E-state index in [1.807, 2.05) is 36.5 Å². The Hall–Kier alpha value is -1.81. The van der Waals surface area contributed by atoms with Crippen LogP contribution in [0.25, 0.3) is 5.69 Å². The van der Waals surface area contributed by atoms with Crippen LogP contribution < -0.4 is 10.5 Å². The summed E-state index contributed by atoms with van der Waals surface area (Å²) in [7, 11) is 0. The van der Waals surface area contributed by atoms with Crippen molar-refractivity contribution in [3.63, 3.8) is 0 Å². The molecular weight excluding hydrogens is 190 g/mol. The van der Waals surface area contributed by atoms with Gasteiger partial charge in [0.15, 0.2) is 0 Å². The molecule has 0 aliphatic carbocycles. The zero-order chi connectivity index (χ0) is 10.5. The molecule has 78 valence electrons. The quantitative estimate of drug-likeness (QED) is 0.812. The van der Waals surface area contributed by atoms with Gasteiger partial charge in [0.05, 0.1) is 5.69 Å². The molecule has 15 heavy (non-hydrogen) atoms. The van der Waals surface area contributed by atoms with E-state index in [9.17, 15) is 0 Å². The lowest BCUT2D eigenvalue weighted by atomic mass is 10.3. The monoisotopic (exact) mass is 203 g/mol. The molecule has 0 aliphatic heterocycles. The number of benzene rings is 1. The summed E-state index contributed by atoms with van der Waals surface area (Å²) in [5, 5.41) is 4.13. The standard InChI is InChI=1S/C11H13N3O/c12-6-9-15-11-4-2-10(3-5-11)14-8-1-7-13-14/h1-5,7-8H,6,9,12H2. The summed E-state index contributed by atoms with van der Waals surface area (Å²) in [5.41, 5.74) is 6.36. The third-order valence-corrected chi connectivity index (χ3v) is 1.99. The molecular formula is C11H13N3O. The lowest BCUT2D eigenvalue weighted by molar-refractivity contribution is 0.328. The number of hydrogen-bond acceptors (Lipinski definition) is 3. The van der Waals surface area contributed by atoms with Crippen molar-refractivity contribution in [1.29, 1.82) is 0 Å². The molecule has 0 saturated carbocycles. The molecule has 0 amide bonds. The molecule has 0 unspecified atom stereocenters. The zero-order valence-corrected chi connectivity index (χ0v) is 8.34. The van der Waals surface area contributed by atoms with E-state index in [1.54, 1.807) is 10.9 Å². The molecule has 0 atom stereocenters. The van der Waals surface area contributed by atoms with Crippen molar-refractivity contribution in [3.05, 3.63) is 42.7 Å². The van der Waals surface area contributed by atoms with Crippen LogP contribution in [0.4, 0.5) is 0 Å². The molecule has 0 spiro atoms. The second-order valence-corrected chi connectivity index (χ2v) is 3.08. The molecule has 1 heterocycles. The Morgan fingerprint density at radius 1 is 1.27 bits per heavy atom. The summed E-state index contributed by atoms with van der Waals surface area (Å²) in [6, 6.07) is 9.62. The van der Waals surface area contributed by atoms with Gasteiger partial charge in [-0.1, -0.05) is 0 Å². The van der Waals surface area contributed by atoms with Gasteiger partial charge in [0.25, 0.3) is 0 Å². The van der Waals surface area contributed by atoms with Gasteiger partial charge in [-0.25, -0.2) is 4.68 Å². The predicted molar refractivity (Wildman–Crippen MR) is 58.1 cm³/mol. The van der Waals surface area contributed by atoms with E-state index in [1.165, 1.54) is 0 Å². The fourth-order valence-corrected chi connectivity index (χ4v) is 1.29. The summed E-state index contributed by atoms with van der Waals surface area (Å²) < 4.78 is 7.17. The molecule has 0 fully saturated rings. The largest absolute Gasteiger partial charge is 0.492 e. The van der Waals surface area contributed by atoms with Crippen LogP contribution in [0.3, 0.4) is 0 Å². The SMILES string of the molecule is NCCOc1ccc(-n2cccn2)cc1. The molecule has 0 saturated heterocycles. The fraction of sp³-hybridized carbons (Fsp3) is 0.182. The topological polar surface area (TPSA) is 53.1 Å². The van der Waals surface area contributed by atoms with Crippen LogP contribution in [0, 0.1) is 0 Å². The average molecular weight is 203 g/mol. The molecule has 0 bridgehead atoms. The van der Waals surface area contributed by atoms with Gasteiger partial charge in [-0.3, -0.25) is 0 Å². The van der Waals surface area contributed by atoms with Crippen LogP contribution in [0.2, 0.25) is 0 Å². The molecule has 1 aromatic carbocycles. The Bertz CT molecular complexity index is 394. The van der Waals surface area contributed by atoms with Gasteiger partial charge >= 0.3 is 0 Å². The van der Waals surface area contributed by atoms with Crippen LogP contribution >= 0.6 is 0 Å². The number of ether oxygens (including phenoxy) is 1. The summed E-state index contributed by atoms with van der Waals surface area (Å²) in [6.45, 7) is 1.07. The zero-order valence-electron chi connectivity index (χ0n) is 8.34. The van der Waals surface area contributed by atoms with Crippen LogP contribution in [0.1, 0.15) is 0 Å². The molecule has 4 heteroatoms. The number of aromatic nitrogens is 2. The maximum atomic E-state index is 5.37. The number of rotatable bonds is 4. The first-order chi connectivity index (χ1) is 7.40. The average Bonchev–Trinajstić information content (AvgIpc) is 2.80. The summed E-state index contributed by atoms with van der Waals surface area (Å²) in [4.78, 5) is 0. The Balaban J connectivity index is 2.11. The minimum absolute atomic E-state index is 0.529. The van der Waals surface area contributed by atoms with E-state index in [4.69, 9.17) is 10.5 Å². The third-order valence-electron chi connectivity index (χ3n) is 1.99. The minimum Gasteiger partial charge on any atom is -0.492 e. The summed E-state index contributed by atoms with van der Waals surface area (Å²) in [6.07, 6.45) is 3.65. The molecule has 4 nitrogen and oxygen atoms in total. The first kappa shape index (κ1) is 9.73. The molecule has 2 aromatic rings. The molecule has 2 N–H and O–H groups in total. The number of hydrogen-bond donors (Lipinski definition) is 1. The van der Waals surface area contributed by atoms with E-state index >= 15 is 0 Å². The highest BCUT2D eigenvalue weighted by Gasteiger charge is 1.96. The smallest absolute Gasteiger partial charge is 0.119 e. The second-order valence-electron chi connectivity index (χ2n) is 3.08. The highest BCUT2D eigenvalue weighted by molar-refractivity contribution is 5.36. The Labute approximate surface area is 88.3 Å². The third kappa shape index (κ3) is 2.35. The van der Waals surface area contributed by atoms with E-state index in [0.717, 1.165) is 11.4 Å². The molecule has 0 aliphatic rings. The fourth-order valence-electron chi connectivity index (χ4n) is 1.29. The van der Waals surface area contributed by atoms with E-state index in [0.29, 0.717) is 13.2 Å². The van der Waals surface area contributed by atoms with Gasteiger partial charge in [-0.2, -0.15) is 5.10 Å². The van der Waals surface area contributed by atoms with Crippen molar-refractivity contribution in [2.45, 2.75) is 0 Å². The maximum absolute atomic E-state index is 5.37.